The molecule has 2 atom stereocenters. The van der Waals surface area contributed by atoms with E-state index in [2.05, 4.69) is 50.3 Å². The minimum absolute atomic E-state index is 0.0305. The molecule has 0 aliphatic rings. The van der Waals surface area contributed by atoms with Gasteiger partial charge in [0.15, 0.2) is 6.10 Å². The number of likely N-dealkylation sites (N-methyl/N-ethyl adjacent to an activating group) is 1. The second-order valence-electron chi connectivity index (χ2n) is 18.5. The van der Waals surface area contributed by atoms with Crippen molar-refractivity contribution in [3.05, 3.63) is 36.5 Å². The van der Waals surface area contributed by atoms with Crippen LogP contribution in [0.2, 0.25) is 0 Å². The van der Waals surface area contributed by atoms with Gasteiger partial charge in [-0.1, -0.05) is 185 Å². The largest absolute Gasteiger partial charge is 0.472 e. The van der Waals surface area contributed by atoms with Crippen LogP contribution in [0, 0.1) is 0 Å². The summed E-state index contributed by atoms with van der Waals surface area (Å²) in [6.07, 6.45) is 51.9. The quantitative estimate of drug-likeness (QED) is 0.0212. The molecule has 1 unspecified atom stereocenters. The molecule has 0 fully saturated rings. The number of unbranched alkanes of at least 4 members (excludes halogenated alkanes) is 27. The molecule has 0 bridgehead atoms. The van der Waals surface area contributed by atoms with Crippen LogP contribution in [0.15, 0.2) is 36.5 Å². The lowest BCUT2D eigenvalue weighted by Crippen LogP contribution is -2.37. The van der Waals surface area contributed by atoms with E-state index >= 15 is 0 Å². The zero-order valence-corrected chi connectivity index (χ0v) is 42.0. The minimum atomic E-state index is -4.38. The number of phosphoric acid groups is 1. The summed E-state index contributed by atoms with van der Waals surface area (Å²) in [5.41, 5.74) is 0. The Morgan fingerprint density at radius 2 is 0.871 bits per heavy atom. The third-order valence-electron chi connectivity index (χ3n) is 11.1. The number of nitrogens with zero attached hydrogens (tertiary/aromatic N) is 1. The maximum Gasteiger partial charge on any atom is 0.472 e. The van der Waals surface area contributed by atoms with Crippen molar-refractivity contribution in [3.8, 4) is 0 Å². The molecule has 1 N–H and O–H groups in total. The lowest BCUT2D eigenvalue weighted by atomic mass is 10.1. The molecule has 0 heterocycles. The molecule has 0 aromatic heterocycles. The lowest BCUT2D eigenvalue weighted by Gasteiger charge is -2.24. The van der Waals surface area contributed by atoms with Crippen LogP contribution in [0.25, 0.3) is 0 Å². The van der Waals surface area contributed by atoms with E-state index in [1.807, 2.05) is 21.1 Å². The van der Waals surface area contributed by atoms with Crippen molar-refractivity contribution in [2.24, 2.45) is 0 Å². The second-order valence-corrected chi connectivity index (χ2v) is 20.0. The summed E-state index contributed by atoms with van der Waals surface area (Å²) in [6, 6.07) is 0. The highest BCUT2D eigenvalue weighted by Crippen LogP contribution is 2.43. The number of rotatable bonds is 47. The van der Waals surface area contributed by atoms with E-state index in [0.717, 1.165) is 51.4 Å². The second kappa shape index (κ2) is 44.4. The molecule has 0 rings (SSSR count). The molecule has 0 aromatic carbocycles. The van der Waals surface area contributed by atoms with Crippen LogP contribution in [0.5, 0.6) is 0 Å². The number of allylic oxidation sites excluding steroid dienone is 6. The van der Waals surface area contributed by atoms with Gasteiger partial charge in [0.2, 0.25) is 0 Å². The zero-order valence-electron chi connectivity index (χ0n) is 41.1. The normalized spacial score (nSPS) is 13.7. The van der Waals surface area contributed by atoms with Gasteiger partial charge in [0.05, 0.1) is 27.7 Å². The highest BCUT2D eigenvalue weighted by atomic mass is 31.2. The Morgan fingerprint density at radius 1 is 0.500 bits per heavy atom. The summed E-state index contributed by atoms with van der Waals surface area (Å²) in [5.74, 6) is -0.801. The zero-order chi connectivity index (χ0) is 45.7. The fraction of sp³-hybridized carbons (Fsp3) is 0.846. The number of phosphoric ester groups is 1. The standard InChI is InChI=1S/C52H98NO8P/c1-6-8-10-12-14-16-18-20-22-24-26-28-30-32-34-36-38-40-42-44-51(54)58-48-50(49-60-62(56,57)59-47-46-53(3,4)5)61-52(55)45-43-41-39-37-35-33-31-29-27-25-23-21-19-17-15-13-11-9-7-2/h14,16,20,22,25,27,50H,6-13,15,17-19,21,23-24,26,28-49H2,1-5H3/p+1/b16-14-,22-20-,27-25-/t50-/m1/s1. The fourth-order valence-electron chi connectivity index (χ4n) is 7.10. The molecule has 62 heavy (non-hydrogen) atoms. The highest BCUT2D eigenvalue weighted by molar-refractivity contribution is 7.47. The van der Waals surface area contributed by atoms with Crippen LogP contribution in [-0.4, -0.2) is 74.9 Å². The first kappa shape index (κ1) is 60.2. The molecule has 0 radical (unpaired) electrons. The number of hydrogen-bond donors (Lipinski definition) is 1. The molecule has 0 spiro atoms. The molecule has 0 saturated heterocycles. The predicted octanol–water partition coefficient (Wildman–Crippen LogP) is 15.3. The van der Waals surface area contributed by atoms with Gasteiger partial charge in [-0.3, -0.25) is 18.6 Å². The Bertz CT molecular complexity index is 1150. The molecule has 9 nitrogen and oxygen atoms in total. The third-order valence-corrected chi connectivity index (χ3v) is 12.1. The Labute approximate surface area is 382 Å². The number of hydrogen-bond acceptors (Lipinski definition) is 7. The maximum atomic E-state index is 12.8. The van der Waals surface area contributed by atoms with Crippen molar-refractivity contribution in [1.82, 2.24) is 0 Å². The summed E-state index contributed by atoms with van der Waals surface area (Å²) in [7, 11) is 1.48. The highest BCUT2D eigenvalue weighted by Gasteiger charge is 2.27. The molecule has 0 aliphatic heterocycles. The van der Waals surface area contributed by atoms with E-state index in [9.17, 15) is 19.0 Å². The van der Waals surface area contributed by atoms with Crippen LogP contribution in [-0.2, 0) is 32.7 Å². The number of ether oxygens (including phenoxy) is 2. The van der Waals surface area contributed by atoms with Gasteiger partial charge in [-0.05, 0) is 70.6 Å². The van der Waals surface area contributed by atoms with Crippen molar-refractivity contribution < 1.29 is 42.1 Å². The van der Waals surface area contributed by atoms with Crippen LogP contribution in [0.4, 0.5) is 0 Å². The summed E-state index contributed by atoms with van der Waals surface area (Å²) in [6.45, 7) is 4.42. The van der Waals surface area contributed by atoms with E-state index in [-0.39, 0.29) is 32.0 Å². The summed E-state index contributed by atoms with van der Waals surface area (Å²) < 4.78 is 34.5. The molecule has 0 amide bonds. The molecule has 0 saturated carbocycles. The summed E-state index contributed by atoms with van der Waals surface area (Å²) >= 11 is 0. The van der Waals surface area contributed by atoms with E-state index in [1.165, 1.54) is 148 Å². The van der Waals surface area contributed by atoms with Crippen LogP contribution in [0.1, 0.15) is 232 Å². The first-order valence-electron chi connectivity index (χ1n) is 25.7. The van der Waals surface area contributed by atoms with Crippen molar-refractivity contribution >= 4 is 19.8 Å². The van der Waals surface area contributed by atoms with Crippen LogP contribution < -0.4 is 0 Å². The van der Waals surface area contributed by atoms with Gasteiger partial charge in [-0.2, -0.15) is 0 Å². The Morgan fingerprint density at radius 3 is 1.32 bits per heavy atom. The lowest BCUT2D eigenvalue weighted by molar-refractivity contribution is -0.870. The molecular formula is C52H99NO8P+. The fourth-order valence-corrected chi connectivity index (χ4v) is 7.84. The SMILES string of the molecule is CCCCC/C=C\C/C=C\CCCCCCCCCCCC(=O)OC[C@H](COP(=O)(O)OCC[N+](C)(C)C)OC(=O)CCCCCCCCC/C=C\CCCCCCCCCC. The average molecular weight is 897 g/mol. The van der Waals surface area contributed by atoms with Crippen LogP contribution >= 0.6 is 7.82 Å². The van der Waals surface area contributed by atoms with E-state index in [1.54, 1.807) is 0 Å². The van der Waals surface area contributed by atoms with Crippen LogP contribution in [0.3, 0.4) is 0 Å². The molecule has 364 valence electrons. The van der Waals surface area contributed by atoms with Gasteiger partial charge in [0.25, 0.3) is 0 Å². The number of quaternary nitrogens is 1. The van der Waals surface area contributed by atoms with E-state index in [4.69, 9.17) is 18.5 Å². The number of carbonyl (C=O) groups excluding carboxylic acids is 2. The Hall–Kier alpha value is -1.77. The third kappa shape index (κ3) is 47.7. The molecular weight excluding hydrogens is 798 g/mol. The smallest absolute Gasteiger partial charge is 0.462 e. The van der Waals surface area contributed by atoms with Crippen molar-refractivity contribution in [1.29, 1.82) is 0 Å². The Balaban J connectivity index is 4.26. The van der Waals surface area contributed by atoms with Gasteiger partial charge in [0.1, 0.15) is 19.8 Å². The molecule has 0 aliphatic carbocycles. The Kier molecular flexibility index (Phi) is 43.2. The predicted molar refractivity (Wildman–Crippen MR) is 261 cm³/mol. The van der Waals surface area contributed by atoms with Gasteiger partial charge < -0.3 is 18.9 Å². The van der Waals surface area contributed by atoms with Gasteiger partial charge in [-0.25, -0.2) is 4.57 Å². The first-order chi connectivity index (χ1) is 30.0. The summed E-state index contributed by atoms with van der Waals surface area (Å²) in [5, 5.41) is 0. The van der Waals surface area contributed by atoms with Gasteiger partial charge in [-0.15, -0.1) is 0 Å². The average Bonchev–Trinajstić information content (AvgIpc) is 3.23. The monoisotopic (exact) mass is 897 g/mol. The minimum Gasteiger partial charge on any atom is -0.462 e. The van der Waals surface area contributed by atoms with Crippen molar-refractivity contribution in [3.63, 3.8) is 0 Å². The van der Waals surface area contributed by atoms with Crippen molar-refractivity contribution in [2.75, 3.05) is 47.5 Å². The van der Waals surface area contributed by atoms with E-state index < -0.39 is 26.5 Å². The first-order valence-corrected chi connectivity index (χ1v) is 27.2. The number of esters is 2. The van der Waals surface area contributed by atoms with Crippen molar-refractivity contribution in [2.45, 2.75) is 238 Å². The molecule has 0 aromatic rings. The topological polar surface area (TPSA) is 108 Å². The maximum absolute atomic E-state index is 12.8. The van der Waals surface area contributed by atoms with E-state index in [0.29, 0.717) is 17.4 Å². The number of carbonyl (C=O) groups is 2. The summed E-state index contributed by atoms with van der Waals surface area (Å²) in [4.78, 5) is 35.5. The van der Waals surface area contributed by atoms with Gasteiger partial charge in [0, 0.05) is 12.8 Å². The molecule has 10 heteroatoms. The van der Waals surface area contributed by atoms with Gasteiger partial charge >= 0.3 is 19.8 Å².